The summed E-state index contributed by atoms with van der Waals surface area (Å²) in [5, 5.41) is 10.3. The van der Waals surface area contributed by atoms with Crippen LogP contribution in [0.25, 0.3) is 0 Å². The van der Waals surface area contributed by atoms with E-state index in [1.54, 1.807) is 7.11 Å². The van der Waals surface area contributed by atoms with Crippen LogP contribution in [-0.4, -0.2) is 18.8 Å². The first-order chi connectivity index (χ1) is 10.1. The van der Waals surface area contributed by atoms with E-state index in [2.05, 4.69) is 19.9 Å². The highest BCUT2D eigenvalue weighted by Gasteiger charge is 2.12. The summed E-state index contributed by atoms with van der Waals surface area (Å²) in [4.78, 5) is 0. The van der Waals surface area contributed by atoms with Crippen LogP contribution in [0.4, 0.5) is 0 Å². The van der Waals surface area contributed by atoms with Gasteiger partial charge in [-0.25, -0.2) is 0 Å². The van der Waals surface area contributed by atoms with Crippen LogP contribution in [0.2, 0.25) is 0 Å². The van der Waals surface area contributed by atoms with Gasteiger partial charge in [0.2, 0.25) is 0 Å². The molecule has 21 heavy (non-hydrogen) atoms. The average molecular weight is 286 g/mol. The Labute approximate surface area is 126 Å². The quantitative estimate of drug-likeness (QED) is 0.874. The van der Waals surface area contributed by atoms with E-state index in [0.717, 1.165) is 22.6 Å². The zero-order chi connectivity index (χ0) is 15.2. The molecule has 0 aliphatic carbocycles. The molecule has 0 saturated heterocycles. The van der Waals surface area contributed by atoms with Gasteiger partial charge >= 0.3 is 0 Å². The van der Waals surface area contributed by atoms with E-state index in [1.807, 2.05) is 42.5 Å². The van der Waals surface area contributed by atoms with Gasteiger partial charge in [-0.1, -0.05) is 44.2 Å². The van der Waals surface area contributed by atoms with E-state index in [1.165, 1.54) is 0 Å². The fourth-order valence-corrected chi connectivity index (χ4v) is 2.20. The molecule has 3 heteroatoms. The van der Waals surface area contributed by atoms with E-state index in [9.17, 15) is 5.11 Å². The smallest absolute Gasteiger partial charge is 0.122 e. The van der Waals surface area contributed by atoms with Gasteiger partial charge in [0.15, 0.2) is 0 Å². The van der Waals surface area contributed by atoms with Gasteiger partial charge in [0, 0.05) is 0 Å². The summed E-state index contributed by atoms with van der Waals surface area (Å²) in [6, 6.07) is 15.3. The Morgan fingerprint density at radius 3 is 2.52 bits per heavy atom. The third-order valence-electron chi connectivity index (χ3n) is 3.42. The van der Waals surface area contributed by atoms with Crippen LogP contribution in [0.5, 0.6) is 11.5 Å². The van der Waals surface area contributed by atoms with Crippen molar-refractivity contribution in [1.29, 1.82) is 0 Å². The third-order valence-corrected chi connectivity index (χ3v) is 3.42. The first-order valence-corrected chi connectivity index (χ1v) is 7.15. The van der Waals surface area contributed by atoms with Crippen molar-refractivity contribution in [3.8, 4) is 11.5 Å². The molecule has 1 atom stereocenters. The SMILES string of the molecule is COc1cccc(C(O)COc2ccccc2C(C)C)c1. The van der Waals surface area contributed by atoms with Crippen LogP contribution in [0.3, 0.4) is 0 Å². The molecule has 1 unspecified atom stereocenters. The second-order valence-corrected chi connectivity index (χ2v) is 5.30. The number of hydrogen-bond acceptors (Lipinski definition) is 3. The van der Waals surface area contributed by atoms with Crippen LogP contribution >= 0.6 is 0 Å². The lowest BCUT2D eigenvalue weighted by atomic mass is 10.0. The molecule has 2 aromatic rings. The Bertz CT molecular complexity index is 578. The maximum absolute atomic E-state index is 10.3. The van der Waals surface area contributed by atoms with Crippen LogP contribution in [0.1, 0.15) is 37.0 Å². The average Bonchev–Trinajstić information content (AvgIpc) is 2.52. The molecule has 0 fully saturated rings. The molecule has 1 N–H and O–H groups in total. The lowest BCUT2D eigenvalue weighted by Gasteiger charge is -2.17. The number of aliphatic hydroxyl groups excluding tert-OH is 1. The first kappa shape index (κ1) is 15.4. The molecule has 0 heterocycles. The normalized spacial score (nSPS) is 12.2. The summed E-state index contributed by atoms with van der Waals surface area (Å²) >= 11 is 0. The van der Waals surface area contributed by atoms with Gasteiger partial charge < -0.3 is 14.6 Å². The van der Waals surface area contributed by atoms with Gasteiger partial charge in [-0.15, -0.1) is 0 Å². The summed E-state index contributed by atoms with van der Waals surface area (Å²) in [6.07, 6.45) is -0.680. The van der Waals surface area contributed by atoms with Crippen molar-refractivity contribution in [2.45, 2.75) is 25.9 Å². The van der Waals surface area contributed by atoms with Crippen molar-refractivity contribution in [2.24, 2.45) is 0 Å². The van der Waals surface area contributed by atoms with Crippen LogP contribution in [0.15, 0.2) is 48.5 Å². The van der Waals surface area contributed by atoms with E-state index >= 15 is 0 Å². The third kappa shape index (κ3) is 3.99. The van der Waals surface area contributed by atoms with Crippen LogP contribution in [0, 0.1) is 0 Å². The number of rotatable bonds is 6. The summed E-state index contributed by atoms with van der Waals surface area (Å²) in [6.45, 7) is 4.47. The minimum Gasteiger partial charge on any atom is -0.497 e. The maximum atomic E-state index is 10.3. The van der Waals surface area contributed by atoms with Crippen molar-refractivity contribution in [3.63, 3.8) is 0 Å². The van der Waals surface area contributed by atoms with Crippen molar-refractivity contribution in [2.75, 3.05) is 13.7 Å². The largest absolute Gasteiger partial charge is 0.497 e. The van der Waals surface area contributed by atoms with E-state index < -0.39 is 6.10 Å². The molecular weight excluding hydrogens is 264 g/mol. The second kappa shape index (κ2) is 7.14. The minimum atomic E-state index is -0.680. The highest BCUT2D eigenvalue weighted by Crippen LogP contribution is 2.27. The highest BCUT2D eigenvalue weighted by molar-refractivity contribution is 5.36. The van der Waals surface area contributed by atoms with E-state index in [0.29, 0.717) is 5.92 Å². The Hall–Kier alpha value is -2.00. The lowest BCUT2D eigenvalue weighted by Crippen LogP contribution is -2.11. The number of ether oxygens (including phenoxy) is 2. The van der Waals surface area contributed by atoms with E-state index in [-0.39, 0.29) is 6.61 Å². The summed E-state index contributed by atoms with van der Waals surface area (Å²) in [5.41, 5.74) is 1.94. The monoisotopic (exact) mass is 286 g/mol. The van der Waals surface area contributed by atoms with Crippen molar-refractivity contribution in [1.82, 2.24) is 0 Å². The molecule has 0 amide bonds. The topological polar surface area (TPSA) is 38.7 Å². The fourth-order valence-electron chi connectivity index (χ4n) is 2.20. The lowest BCUT2D eigenvalue weighted by molar-refractivity contribution is 0.107. The van der Waals surface area contributed by atoms with Gasteiger partial charge in [-0.2, -0.15) is 0 Å². The van der Waals surface area contributed by atoms with Crippen LogP contribution < -0.4 is 9.47 Å². The fraction of sp³-hybridized carbons (Fsp3) is 0.333. The van der Waals surface area contributed by atoms with Crippen molar-refractivity contribution >= 4 is 0 Å². The minimum absolute atomic E-state index is 0.219. The molecule has 0 saturated carbocycles. The van der Waals surface area contributed by atoms with Gasteiger partial charge in [-0.3, -0.25) is 0 Å². The second-order valence-electron chi connectivity index (χ2n) is 5.30. The Morgan fingerprint density at radius 2 is 1.81 bits per heavy atom. The summed E-state index contributed by atoms with van der Waals surface area (Å²) in [7, 11) is 1.61. The Balaban J connectivity index is 2.05. The molecule has 0 aliphatic rings. The van der Waals surface area contributed by atoms with Gasteiger partial charge in [0.1, 0.15) is 24.2 Å². The zero-order valence-electron chi connectivity index (χ0n) is 12.7. The number of hydrogen-bond donors (Lipinski definition) is 1. The molecule has 3 nitrogen and oxygen atoms in total. The van der Waals surface area contributed by atoms with Gasteiger partial charge in [-0.05, 0) is 35.2 Å². The number of aliphatic hydroxyl groups is 1. The summed E-state index contributed by atoms with van der Waals surface area (Å²) in [5.74, 6) is 1.94. The molecule has 112 valence electrons. The zero-order valence-corrected chi connectivity index (χ0v) is 12.7. The predicted octanol–water partition coefficient (Wildman–Crippen LogP) is 3.93. The predicted molar refractivity (Wildman–Crippen MR) is 84.0 cm³/mol. The Kier molecular flexibility index (Phi) is 5.23. The summed E-state index contributed by atoms with van der Waals surface area (Å²) < 4.78 is 11.0. The standard InChI is InChI=1S/C18H22O3/c1-13(2)16-9-4-5-10-18(16)21-12-17(19)14-7-6-8-15(11-14)20-3/h4-11,13,17,19H,12H2,1-3H3. The van der Waals surface area contributed by atoms with Crippen LogP contribution in [-0.2, 0) is 0 Å². The molecular formula is C18H22O3. The van der Waals surface area contributed by atoms with Crippen molar-refractivity contribution < 1.29 is 14.6 Å². The number of benzene rings is 2. The number of methoxy groups -OCH3 is 1. The van der Waals surface area contributed by atoms with Gasteiger partial charge in [0.25, 0.3) is 0 Å². The maximum Gasteiger partial charge on any atom is 0.122 e. The van der Waals surface area contributed by atoms with Gasteiger partial charge in [0.05, 0.1) is 7.11 Å². The molecule has 0 aliphatic heterocycles. The Morgan fingerprint density at radius 1 is 1.05 bits per heavy atom. The molecule has 0 bridgehead atoms. The van der Waals surface area contributed by atoms with E-state index in [4.69, 9.17) is 9.47 Å². The number of para-hydroxylation sites is 1. The molecule has 0 radical (unpaired) electrons. The molecule has 0 aromatic heterocycles. The highest BCUT2D eigenvalue weighted by atomic mass is 16.5. The molecule has 2 aromatic carbocycles. The molecule has 0 spiro atoms. The van der Waals surface area contributed by atoms with Crippen molar-refractivity contribution in [3.05, 3.63) is 59.7 Å². The first-order valence-electron chi connectivity index (χ1n) is 7.15. The molecule has 2 rings (SSSR count).